The van der Waals surface area contributed by atoms with Gasteiger partial charge in [-0.1, -0.05) is 0 Å². The van der Waals surface area contributed by atoms with E-state index in [2.05, 4.69) is 10.7 Å². The molecule has 0 radical (unpaired) electrons. The first-order valence-electron chi connectivity index (χ1n) is 9.53. The Kier molecular flexibility index (Phi) is 15.3. The van der Waals surface area contributed by atoms with Crippen molar-refractivity contribution in [3.05, 3.63) is 0 Å². The molecule has 0 aromatic heterocycles. The summed E-state index contributed by atoms with van der Waals surface area (Å²) in [7, 11) is 5.78. The number of carboxylic acids is 1. The van der Waals surface area contributed by atoms with Gasteiger partial charge in [0.15, 0.2) is 5.96 Å². The molecule has 1 amide bonds. The second-order valence-corrected chi connectivity index (χ2v) is 7.91. The Morgan fingerprint density at radius 1 is 1.13 bits per heavy atom. The highest BCUT2D eigenvalue weighted by Crippen LogP contribution is 2.08. The van der Waals surface area contributed by atoms with Gasteiger partial charge in [0.1, 0.15) is 25.3 Å². The molecule has 0 aliphatic heterocycles. The fourth-order valence-electron chi connectivity index (χ4n) is 2.26. The molecule has 3 atom stereocenters. The summed E-state index contributed by atoms with van der Waals surface area (Å²) >= 11 is 0. The normalized spacial score (nSPS) is 13.8. The average molecular weight is 435 g/mol. The Morgan fingerprint density at radius 2 is 1.67 bits per heavy atom. The molecule has 0 aromatic rings. The van der Waals surface area contributed by atoms with Crippen LogP contribution in [0.1, 0.15) is 33.1 Å². The molecule has 0 bridgehead atoms. The van der Waals surface area contributed by atoms with Crippen LogP contribution in [0.5, 0.6) is 0 Å². The second kappa shape index (κ2) is 15.4. The fraction of sp³-hybridized carbons (Fsp3) is 0.778. The number of nitrogens with two attached hydrogens (primary N) is 4. The summed E-state index contributed by atoms with van der Waals surface area (Å²) in [5, 5.41) is 10.9. The van der Waals surface area contributed by atoms with Gasteiger partial charge in [0.05, 0.1) is 27.2 Å². The van der Waals surface area contributed by atoms with E-state index in [1.807, 2.05) is 21.1 Å². The molecule has 0 rings (SSSR count). The van der Waals surface area contributed by atoms with E-state index < -0.39 is 30.2 Å². The Bertz CT molecular complexity index is 556. The largest absolute Gasteiger partial charge is 0.550 e. The SMILES string of the molecule is CC(COC(=O)[C@@H](N)CCCN=C(N)N)OC(CC(=O)[O-])C[N+](C)(C)C.CC(N)=O. The first-order chi connectivity index (χ1) is 13.6. The van der Waals surface area contributed by atoms with E-state index in [1.165, 1.54) is 6.92 Å². The Morgan fingerprint density at radius 3 is 2.10 bits per heavy atom. The van der Waals surface area contributed by atoms with E-state index in [0.717, 1.165) is 0 Å². The maximum Gasteiger partial charge on any atom is 0.322 e. The van der Waals surface area contributed by atoms with Gasteiger partial charge in [-0.05, 0) is 19.8 Å². The molecule has 0 saturated heterocycles. The van der Waals surface area contributed by atoms with Crippen LogP contribution >= 0.6 is 0 Å². The van der Waals surface area contributed by atoms with Gasteiger partial charge in [-0.3, -0.25) is 14.6 Å². The van der Waals surface area contributed by atoms with E-state index >= 15 is 0 Å². The molecule has 0 heterocycles. The molecule has 2 unspecified atom stereocenters. The number of hydrogen-bond acceptors (Lipinski definition) is 8. The number of quaternary nitrogens is 1. The standard InChI is InChI=1S/C16H33N5O5.C2H5NO/c1-11(26-12(8-14(22)23)9-21(2,3)4)10-25-15(24)13(17)6-5-7-20-16(18)19;1-2(3)4/h11-13H,5-10,17H2,1-4H3,(H4-,18,19,20,22,23);1H3,(H2,3,4)/t11?,12?,13-;/m0./s1. The van der Waals surface area contributed by atoms with Crippen LogP contribution in [0.3, 0.4) is 0 Å². The zero-order valence-electron chi connectivity index (χ0n) is 18.6. The van der Waals surface area contributed by atoms with Crippen LogP contribution in [0.2, 0.25) is 0 Å². The van der Waals surface area contributed by atoms with Crippen LogP contribution in [0.15, 0.2) is 4.99 Å². The number of amides is 1. The number of guanidine groups is 1. The summed E-state index contributed by atoms with van der Waals surface area (Å²) in [6, 6.07) is -0.776. The van der Waals surface area contributed by atoms with Crippen LogP contribution in [0, 0.1) is 0 Å². The van der Waals surface area contributed by atoms with E-state index in [4.69, 9.17) is 26.7 Å². The molecular weight excluding hydrogens is 396 g/mol. The summed E-state index contributed by atoms with van der Waals surface area (Å²) in [4.78, 5) is 35.8. The molecule has 176 valence electrons. The summed E-state index contributed by atoms with van der Waals surface area (Å²) in [5.74, 6) is -2.07. The number of hydrogen-bond donors (Lipinski definition) is 4. The van der Waals surface area contributed by atoms with Gasteiger partial charge in [-0.2, -0.15) is 0 Å². The van der Waals surface area contributed by atoms with Crippen LogP contribution < -0.4 is 28.0 Å². The van der Waals surface area contributed by atoms with Gasteiger partial charge in [0, 0.05) is 25.9 Å². The molecule has 12 nitrogen and oxygen atoms in total. The van der Waals surface area contributed by atoms with Crippen molar-refractivity contribution in [2.45, 2.75) is 51.4 Å². The minimum absolute atomic E-state index is 0.00730. The van der Waals surface area contributed by atoms with Crippen LogP contribution in [-0.4, -0.2) is 87.4 Å². The molecule has 0 saturated carbocycles. The molecule has 12 heteroatoms. The van der Waals surface area contributed by atoms with Crippen molar-refractivity contribution in [3.63, 3.8) is 0 Å². The molecule has 8 N–H and O–H groups in total. The molecule has 0 aromatic carbocycles. The lowest BCUT2D eigenvalue weighted by Crippen LogP contribution is -2.46. The predicted molar refractivity (Wildman–Crippen MR) is 111 cm³/mol. The number of rotatable bonds is 13. The van der Waals surface area contributed by atoms with Crippen molar-refractivity contribution in [2.75, 3.05) is 40.8 Å². The molecule has 30 heavy (non-hydrogen) atoms. The first-order valence-corrected chi connectivity index (χ1v) is 9.53. The van der Waals surface area contributed by atoms with E-state index in [-0.39, 0.29) is 24.9 Å². The topological polar surface area (TPSA) is 209 Å². The molecular formula is C18H38N6O6. The highest BCUT2D eigenvalue weighted by molar-refractivity contribution is 5.76. The summed E-state index contributed by atoms with van der Waals surface area (Å²) in [6.07, 6.45) is -0.291. The number of carboxylic acid groups (broad SMARTS) is 1. The van der Waals surface area contributed by atoms with Crippen molar-refractivity contribution < 1.29 is 33.4 Å². The van der Waals surface area contributed by atoms with Gasteiger partial charge in [-0.25, -0.2) is 0 Å². The highest BCUT2D eigenvalue weighted by atomic mass is 16.6. The number of ether oxygens (including phenoxy) is 2. The number of likely N-dealkylation sites (N-methyl/N-ethyl adjacent to an activating group) is 1. The lowest BCUT2D eigenvalue weighted by molar-refractivity contribution is -0.873. The number of aliphatic imine (C=N–C) groups is 1. The van der Waals surface area contributed by atoms with Gasteiger partial charge in [0.25, 0.3) is 0 Å². The van der Waals surface area contributed by atoms with Gasteiger partial charge >= 0.3 is 5.97 Å². The number of carbonyl (C=O) groups is 3. The van der Waals surface area contributed by atoms with Gasteiger partial charge in [-0.15, -0.1) is 0 Å². The zero-order chi connectivity index (χ0) is 23.9. The monoisotopic (exact) mass is 434 g/mol. The van der Waals surface area contributed by atoms with Crippen LogP contribution in [0.4, 0.5) is 0 Å². The number of carbonyl (C=O) groups excluding carboxylic acids is 3. The van der Waals surface area contributed by atoms with E-state index in [9.17, 15) is 19.5 Å². The van der Waals surface area contributed by atoms with E-state index in [0.29, 0.717) is 30.4 Å². The summed E-state index contributed by atoms with van der Waals surface area (Å²) in [5.41, 5.74) is 20.6. The Hall–Kier alpha value is -2.44. The van der Waals surface area contributed by atoms with Crippen LogP contribution in [-0.2, 0) is 23.9 Å². The number of aliphatic carboxylic acids is 1. The third-order valence-corrected chi connectivity index (χ3v) is 3.30. The maximum absolute atomic E-state index is 11.9. The van der Waals surface area contributed by atoms with Gasteiger partial charge in [0.2, 0.25) is 5.91 Å². The smallest absolute Gasteiger partial charge is 0.322 e. The molecule has 0 spiro atoms. The predicted octanol–water partition coefficient (Wildman–Crippen LogP) is -2.98. The first kappa shape index (κ1) is 29.8. The third-order valence-electron chi connectivity index (χ3n) is 3.30. The van der Waals surface area contributed by atoms with E-state index in [1.54, 1.807) is 6.92 Å². The number of primary amides is 1. The minimum Gasteiger partial charge on any atom is -0.550 e. The maximum atomic E-state index is 11.9. The third kappa shape index (κ3) is 21.9. The number of nitrogens with zero attached hydrogens (tertiary/aromatic N) is 2. The Labute approximate surface area is 178 Å². The average Bonchev–Trinajstić information content (AvgIpc) is 2.53. The quantitative estimate of drug-likeness (QED) is 0.0765. The lowest BCUT2D eigenvalue weighted by Gasteiger charge is -2.31. The van der Waals surface area contributed by atoms with Crippen molar-refractivity contribution >= 4 is 23.8 Å². The highest BCUT2D eigenvalue weighted by Gasteiger charge is 2.23. The number of esters is 1. The molecule has 0 aliphatic rings. The molecule has 0 fully saturated rings. The van der Waals surface area contributed by atoms with Crippen molar-refractivity contribution in [1.29, 1.82) is 0 Å². The van der Waals surface area contributed by atoms with Crippen molar-refractivity contribution in [2.24, 2.45) is 27.9 Å². The summed E-state index contributed by atoms with van der Waals surface area (Å²) in [6.45, 7) is 3.87. The zero-order valence-corrected chi connectivity index (χ0v) is 18.6. The fourth-order valence-corrected chi connectivity index (χ4v) is 2.26. The Balaban J connectivity index is 0. The summed E-state index contributed by atoms with van der Waals surface area (Å²) < 4.78 is 11.4. The second-order valence-electron chi connectivity index (χ2n) is 7.91. The van der Waals surface area contributed by atoms with Gasteiger partial charge < -0.3 is 46.8 Å². The minimum atomic E-state index is -1.18. The van der Waals surface area contributed by atoms with Crippen LogP contribution in [0.25, 0.3) is 0 Å². The lowest BCUT2D eigenvalue weighted by atomic mass is 10.2. The molecule has 0 aliphatic carbocycles. The van der Waals surface area contributed by atoms with Crippen molar-refractivity contribution in [3.8, 4) is 0 Å². The van der Waals surface area contributed by atoms with Crippen molar-refractivity contribution in [1.82, 2.24) is 0 Å².